The first kappa shape index (κ1) is 10.2. The predicted octanol–water partition coefficient (Wildman–Crippen LogP) is 1.62. The smallest absolute Gasteiger partial charge is 0.223 e. The normalized spacial score (nSPS) is 16.3. The minimum absolute atomic E-state index is 0.0182. The van der Waals surface area contributed by atoms with Crippen molar-refractivity contribution < 1.29 is 4.79 Å². The Morgan fingerprint density at radius 2 is 2.27 bits per heavy atom. The van der Waals surface area contributed by atoms with E-state index in [0.717, 1.165) is 24.2 Å². The molecule has 1 aliphatic rings. The van der Waals surface area contributed by atoms with E-state index in [-0.39, 0.29) is 11.9 Å². The fourth-order valence-electron chi connectivity index (χ4n) is 2.01. The Kier molecular flexibility index (Phi) is 2.49. The number of hydrogen-bond donors (Lipinski definition) is 1. The van der Waals surface area contributed by atoms with Crippen molar-refractivity contribution in [3.63, 3.8) is 0 Å². The molecule has 2 rings (SSSR count). The lowest BCUT2D eigenvalue weighted by Gasteiger charge is -2.16. The summed E-state index contributed by atoms with van der Waals surface area (Å²) in [5.41, 5.74) is 9.20. The van der Waals surface area contributed by atoms with Crippen LogP contribution in [0.25, 0.3) is 0 Å². The number of amides is 1. The molecule has 1 aromatic carbocycles. The third-order valence-electron chi connectivity index (χ3n) is 2.91. The van der Waals surface area contributed by atoms with Gasteiger partial charge in [-0.3, -0.25) is 4.79 Å². The SMILES string of the molecule is CC(=O)N1CCc2ccc(C(C)N)cc21. The fraction of sp³-hybridized carbons (Fsp3) is 0.417. The first-order valence-corrected chi connectivity index (χ1v) is 5.26. The lowest BCUT2D eigenvalue weighted by Crippen LogP contribution is -2.25. The summed E-state index contributed by atoms with van der Waals surface area (Å²) in [5.74, 6) is 0.107. The van der Waals surface area contributed by atoms with E-state index in [1.165, 1.54) is 5.56 Å². The van der Waals surface area contributed by atoms with Gasteiger partial charge in [0.1, 0.15) is 0 Å². The number of anilines is 1. The van der Waals surface area contributed by atoms with Gasteiger partial charge >= 0.3 is 0 Å². The minimum atomic E-state index is 0.0182. The maximum Gasteiger partial charge on any atom is 0.223 e. The number of rotatable bonds is 1. The van der Waals surface area contributed by atoms with E-state index in [4.69, 9.17) is 5.73 Å². The van der Waals surface area contributed by atoms with Crippen LogP contribution in [0.1, 0.15) is 31.0 Å². The zero-order valence-electron chi connectivity index (χ0n) is 9.16. The molecule has 0 aliphatic carbocycles. The third kappa shape index (κ3) is 1.75. The van der Waals surface area contributed by atoms with Gasteiger partial charge in [0.25, 0.3) is 0 Å². The van der Waals surface area contributed by atoms with Gasteiger partial charge < -0.3 is 10.6 Å². The molecule has 15 heavy (non-hydrogen) atoms. The Bertz CT molecular complexity index is 399. The van der Waals surface area contributed by atoms with E-state index in [1.807, 2.05) is 24.0 Å². The molecule has 1 aromatic rings. The van der Waals surface area contributed by atoms with Gasteiger partial charge in [-0.15, -0.1) is 0 Å². The van der Waals surface area contributed by atoms with Crippen molar-refractivity contribution in [3.05, 3.63) is 29.3 Å². The second kappa shape index (κ2) is 3.66. The highest BCUT2D eigenvalue weighted by molar-refractivity contribution is 5.93. The molecule has 2 N–H and O–H groups in total. The molecule has 3 nitrogen and oxygen atoms in total. The molecule has 0 bridgehead atoms. The molecule has 1 atom stereocenters. The van der Waals surface area contributed by atoms with Crippen LogP contribution in [0.15, 0.2) is 18.2 Å². The van der Waals surface area contributed by atoms with E-state index in [9.17, 15) is 4.79 Å². The quantitative estimate of drug-likeness (QED) is 0.755. The first-order chi connectivity index (χ1) is 7.09. The van der Waals surface area contributed by atoms with Crippen LogP contribution in [0.2, 0.25) is 0 Å². The summed E-state index contributed by atoms with van der Waals surface area (Å²) < 4.78 is 0. The molecule has 1 amide bonds. The standard InChI is InChI=1S/C12H16N2O/c1-8(13)11-4-3-10-5-6-14(9(2)15)12(10)7-11/h3-4,7-8H,5-6,13H2,1-2H3. The van der Waals surface area contributed by atoms with Gasteiger partial charge in [0.15, 0.2) is 0 Å². The number of benzene rings is 1. The largest absolute Gasteiger partial charge is 0.324 e. The Hall–Kier alpha value is -1.35. The molecule has 0 spiro atoms. The summed E-state index contributed by atoms with van der Waals surface area (Å²) in [7, 11) is 0. The van der Waals surface area contributed by atoms with Crippen LogP contribution in [0.5, 0.6) is 0 Å². The molecular weight excluding hydrogens is 188 g/mol. The molecule has 0 aromatic heterocycles. The predicted molar refractivity (Wildman–Crippen MR) is 60.8 cm³/mol. The van der Waals surface area contributed by atoms with Gasteiger partial charge in [0.2, 0.25) is 5.91 Å². The Morgan fingerprint density at radius 1 is 1.53 bits per heavy atom. The van der Waals surface area contributed by atoms with Crippen molar-refractivity contribution in [3.8, 4) is 0 Å². The summed E-state index contributed by atoms with van der Waals surface area (Å²) in [6.45, 7) is 4.36. The number of fused-ring (bicyclic) bond motifs is 1. The lowest BCUT2D eigenvalue weighted by atomic mass is 10.0. The molecule has 0 saturated heterocycles. The van der Waals surface area contributed by atoms with Gasteiger partial charge in [-0.05, 0) is 30.5 Å². The highest BCUT2D eigenvalue weighted by Crippen LogP contribution is 2.30. The first-order valence-electron chi connectivity index (χ1n) is 5.26. The molecule has 1 unspecified atom stereocenters. The van der Waals surface area contributed by atoms with Crippen molar-refractivity contribution in [1.29, 1.82) is 0 Å². The van der Waals surface area contributed by atoms with Gasteiger partial charge in [-0.1, -0.05) is 12.1 Å². The maximum atomic E-state index is 11.4. The molecule has 80 valence electrons. The van der Waals surface area contributed by atoms with Gasteiger partial charge in [0, 0.05) is 25.2 Å². The van der Waals surface area contributed by atoms with Gasteiger partial charge in [-0.25, -0.2) is 0 Å². The second-order valence-electron chi connectivity index (χ2n) is 4.10. The van der Waals surface area contributed by atoms with Crippen LogP contribution in [0.3, 0.4) is 0 Å². The van der Waals surface area contributed by atoms with Crippen molar-refractivity contribution >= 4 is 11.6 Å². The van der Waals surface area contributed by atoms with E-state index < -0.39 is 0 Å². The Morgan fingerprint density at radius 3 is 2.87 bits per heavy atom. The summed E-state index contributed by atoms with van der Waals surface area (Å²) in [5, 5.41) is 0. The zero-order chi connectivity index (χ0) is 11.0. The summed E-state index contributed by atoms with van der Waals surface area (Å²) >= 11 is 0. The molecule has 1 heterocycles. The Labute approximate surface area is 89.9 Å². The van der Waals surface area contributed by atoms with E-state index >= 15 is 0 Å². The summed E-state index contributed by atoms with van der Waals surface area (Å²) in [6.07, 6.45) is 0.953. The van der Waals surface area contributed by atoms with Crippen LogP contribution in [-0.4, -0.2) is 12.5 Å². The third-order valence-corrected chi connectivity index (χ3v) is 2.91. The molecule has 3 heteroatoms. The minimum Gasteiger partial charge on any atom is -0.324 e. The average molecular weight is 204 g/mol. The summed E-state index contributed by atoms with van der Waals surface area (Å²) in [6, 6.07) is 6.18. The van der Waals surface area contributed by atoms with E-state index in [0.29, 0.717) is 0 Å². The fourth-order valence-corrected chi connectivity index (χ4v) is 2.01. The van der Waals surface area contributed by atoms with Crippen molar-refractivity contribution in [2.45, 2.75) is 26.3 Å². The number of carbonyl (C=O) groups is 1. The number of nitrogens with zero attached hydrogens (tertiary/aromatic N) is 1. The van der Waals surface area contributed by atoms with Crippen molar-refractivity contribution in [2.24, 2.45) is 5.73 Å². The molecule has 0 fully saturated rings. The number of carbonyl (C=O) groups excluding carboxylic acids is 1. The van der Waals surface area contributed by atoms with Gasteiger partial charge in [0.05, 0.1) is 0 Å². The molecular formula is C12H16N2O. The average Bonchev–Trinajstić information content (AvgIpc) is 2.59. The molecule has 0 radical (unpaired) electrons. The van der Waals surface area contributed by atoms with Gasteiger partial charge in [-0.2, -0.15) is 0 Å². The molecule has 0 saturated carbocycles. The number of hydrogen-bond acceptors (Lipinski definition) is 2. The van der Waals surface area contributed by atoms with Crippen molar-refractivity contribution in [1.82, 2.24) is 0 Å². The van der Waals surface area contributed by atoms with Crippen molar-refractivity contribution in [2.75, 3.05) is 11.4 Å². The molecule has 1 aliphatic heterocycles. The lowest BCUT2D eigenvalue weighted by molar-refractivity contribution is -0.116. The maximum absolute atomic E-state index is 11.4. The Balaban J connectivity index is 2.42. The van der Waals surface area contributed by atoms with Crippen LogP contribution in [0.4, 0.5) is 5.69 Å². The van der Waals surface area contributed by atoms with Crippen LogP contribution < -0.4 is 10.6 Å². The second-order valence-corrected chi connectivity index (χ2v) is 4.10. The summed E-state index contributed by atoms with van der Waals surface area (Å²) in [4.78, 5) is 13.2. The highest BCUT2D eigenvalue weighted by atomic mass is 16.2. The van der Waals surface area contributed by atoms with Crippen LogP contribution in [0, 0.1) is 0 Å². The zero-order valence-corrected chi connectivity index (χ0v) is 9.16. The van der Waals surface area contributed by atoms with E-state index in [2.05, 4.69) is 6.07 Å². The van der Waals surface area contributed by atoms with Crippen LogP contribution in [-0.2, 0) is 11.2 Å². The monoisotopic (exact) mass is 204 g/mol. The topological polar surface area (TPSA) is 46.3 Å². The number of nitrogens with two attached hydrogens (primary N) is 1. The highest BCUT2D eigenvalue weighted by Gasteiger charge is 2.22. The van der Waals surface area contributed by atoms with E-state index in [1.54, 1.807) is 6.92 Å². The van der Waals surface area contributed by atoms with Crippen LogP contribution >= 0.6 is 0 Å².